The van der Waals surface area contributed by atoms with E-state index in [0.29, 0.717) is 18.1 Å². The van der Waals surface area contributed by atoms with Crippen LogP contribution in [0.5, 0.6) is 0 Å². The molecule has 0 aromatic rings. The van der Waals surface area contributed by atoms with Crippen LogP contribution in [-0.4, -0.2) is 61.6 Å². The van der Waals surface area contributed by atoms with Crippen molar-refractivity contribution in [3.05, 3.63) is 4.91 Å². The fourth-order valence-corrected chi connectivity index (χ4v) is 2.95. The van der Waals surface area contributed by atoms with Crippen LogP contribution in [-0.2, 0) is 10.0 Å². The molecule has 10 heteroatoms. The van der Waals surface area contributed by atoms with Gasteiger partial charge in [0.25, 0.3) is 0 Å². The Labute approximate surface area is 118 Å². The van der Waals surface area contributed by atoms with Crippen LogP contribution in [0.25, 0.3) is 0 Å². The second-order valence-corrected chi connectivity index (χ2v) is 5.99. The Bertz CT molecular complexity index is 386. The van der Waals surface area contributed by atoms with Gasteiger partial charge in [-0.2, -0.15) is 5.01 Å². The van der Waals surface area contributed by atoms with Crippen molar-refractivity contribution in [3.8, 4) is 0 Å². The Morgan fingerprint density at radius 3 is 2.32 bits per heavy atom. The summed E-state index contributed by atoms with van der Waals surface area (Å²) in [6, 6.07) is -0.759. The molecule has 0 unspecified atom stereocenters. The van der Waals surface area contributed by atoms with Gasteiger partial charge in [0.1, 0.15) is 0 Å². The third-order valence-corrected chi connectivity index (χ3v) is 4.56. The molecule has 0 heterocycles. The number of hydrogen-bond acceptors (Lipinski definition) is 5. The highest BCUT2D eigenvalue weighted by Gasteiger charge is 2.19. The molecule has 0 aliphatic heterocycles. The molecule has 0 aliphatic rings. The van der Waals surface area contributed by atoms with Crippen LogP contribution in [0.4, 0.5) is 4.79 Å². The predicted molar refractivity (Wildman–Crippen MR) is 73.3 cm³/mol. The minimum absolute atomic E-state index is 0.0281. The molecule has 112 valence electrons. The number of carbonyl (C=O) groups is 1. The van der Waals surface area contributed by atoms with Gasteiger partial charge in [0, 0.05) is 25.5 Å². The van der Waals surface area contributed by atoms with Crippen molar-refractivity contribution >= 4 is 27.7 Å². The Balaban J connectivity index is 4.29. The zero-order valence-electron chi connectivity index (χ0n) is 11.0. The molecular formula is C9H19ClN4O4S. The van der Waals surface area contributed by atoms with Gasteiger partial charge in [-0.05, 0) is 0 Å². The van der Waals surface area contributed by atoms with Crippen molar-refractivity contribution < 1.29 is 13.2 Å². The topological polar surface area (TPSA) is 99.2 Å². The van der Waals surface area contributed by atoms with Gasteiger partial charge >= 0.3 is 6.03 Å². The molecule has 0 aromatic heterocycles. The molecule has 0 spiro atoms. The Morgan fingerprint density at radius 2 is 1.89 bits per heavy atom. The smallest absolute Gasteiger partial charge is 0.335 e. The van der Waals surface area contributed by atoms with E-state index in [9.17, 15) is 18.1 Å². The number of halogens is 1. The van der Waals surface area contributed by atoms with Crippen LogP contribution in [0.3, 0.4) is 0 Å². The minimum atomic E-state index is -3.40. The average molecular weight is 315 g/mol. The summed E-state index contributed by atoms with van der Waals surface area (Å²) in [5.41, 5.74) is 0. The first-order chi connectivity index (χ1) is 8.92. The maximum atomic E-state index is 11.8. The van der Waals surface area contributed by atoms with E-state index in [1.54, 1.807) is 13.8 Å². The van der Waals surface area contributed by atoms with Gasteiger partial charge in [0.2, 0.25) is 10.0 Å². The van der Waals surface area contributed by atoms with Crippen molar-refractivity contribution in [2.24, 2.45) is 5.29 Å². The van der Waals surface area contributed by atoms with E-state index in [4.69, 9.17) is 11.6 Å². The molecular weight excluding hydrogens is 296 g/mol. The highest BCUT2D eigenvalue weighted by molar-refractivity contribution is 7.89. The number of rotatable bonds is 9. The van der Waals surface area contributed by atoms with Crippen LogP contribution >= 0.6 is 11.6 Å². The van der Waals surface area contributed by atoms with E-state index in [0.717, 1.165) is 0 Å². The summed E-state index contributed by atoms with van der Waals surface area (Å²) in [5, 5.41) is 5.40. The zero-order valence-corrected chi connectivity index (χ0v) is 12.6. The van der Waals surface area contributed by atoms with E-state index in [1.165, 1.54) is 4.31 Å². The summed E-state index contributed by atoms with van der Waals surface area (Å²) in [4.78, 5) is 21.7. The monoisotopic (exact) mass is 314 g/mol. The lowest BCUT2D eigenvalue weighted by molar-refractivity contribution is 0.203. The van der Waals surface area contributed by atoms with E-state index in [-0.39, 0.29) is 24.7 Å². The number of nitrogens with one attached hydrogen (secondary N) is 1. The molecule has 0 aromatic carbocycles. The maximum Gasteiger partial charge on any atom is 0.340 e. The van der Waals surface area contributed by atoms with Gasteiger partial charge in [0.15, 0.2) is 0 Å². The van der Waals surface area contributed by atoms with E-state index in [2.05, 4.69) is 10.6 Å². The summed E-state index contributed by atoms with van der Waals surface area (Å²) in [6.07, 6.45) is 0. The van der Waals surface area contributed by atoms with Crippen molar-refractivity contribution in [3.63, 3.8) is 0 Å². The zero-order chi connectivity index (χ0) is 14.9. The summed E-state index contributed by atoms with van der Waals surface area (Å²) in [7, 11) is -3.40. The molecule has 0 radical (unpaired) electrons. The van der Waals surface area contributed by atoms with Gasteiger partial charge < -0.3 is 5.32 Å². The van der Waals surface area contributed by atoms with Gasteiger partial charge in [-0.3, -0.25) is 0 Å². The van der Waals surface area contributed by atoms with Crippen molar-refractivity contribution in [2.45, 2.75) is 13.8 Å². The highest BCUT2D eigenvalue weighted by atomic mass is 35.5. The second kappa shape index (κ2) is 9.05. The molecule has 0 rings (SSSR count). The van der Waals surface area contributed by atoms with Crippen molar-refractivity contribution in [1.29, 1.82) is 0 Å². The molecule has 0 saturated heterocycles. The first-order valence-electron chi connectivity index (χ1n) is 5.85. The third-order valence-electron chi connectivity index (χ3n) is 2.36. The Hall–Kier alpha value is -0.930. The largest absolute Gasteiger partial charge is 0.340 e. The number of amides is 2. The van der Waals surface area contributed by atoms with Crippen LogP contribution < -0.4 is 5.32 Å². The summed E-state index contributed by atoms with van der Waals surface area (Å²) in [5.74, 6) is -0.162. The molecule has 0 bridgehead atoms. The molecule has 19 heavy (non-hydrogen) atoms. The van der Waals surface area contributed by atoms with Gasteiger partial charge in [0.05, 0.1) is 17.6 Å². The summed E-state index contributed by atoms with van der Waals surface area (Å²) in [6.45, 7) is 4.10. The number of hydrogen-bond donors (Lipinski definition) is 1. The minimum Gasteiger partial charge on any atom is -0.335 e. The quantitative estimate of drug-likeness (QED) is 0.382. The van der Waals surface area contributed by atoms with E-state index >= 15 is 0 Å². The lowest BCUT2D eigenvalue weighted by Gasteiger charge is -2.19. The molecule has 0 aliphatic carbocycles. The summed E-state index contributed by atoms with van der Waals surface area (Å²) < 4.78 is 24.9. The standard InChI is InChI=1S/C9H19ClN4O4S/c1-3-13(4-2)19(17,18)8-6-11-9(15)14(12-16)7-5-10/h3-8H2,1-2H3,(H,11,15). The van der Waals surface area contributed by atoms with Gasteiger partial charge in [-0.15, -0.1) is 16.5 Å². The SMILES string of the molecule is CCN(CC)S(=O)(=O)CCNC(=O)N(CCCl)N=O. The summed E-state index contributed by atoms with van der Waals surface area (Å²) >= 11 is 5.38. The lowest BCUT2D eigenvalue weighted by atomic mass is 10.6. The number of carbonyl (C=O) groups excluding carboxylic acids is 1. The van der Waals surface area contributed by atoms with Crippen LogP contribution in [0.1, 0.15) is 13.8 Å². The normalized spacial score (nSPS) is 11.4. The number of alkyl halides is 1. The number of urea groups is 1. The average Bonchev–Trinajstić information content (AvgIpc) is 2.36. The first-order valence-corrected chi connectivity index (χ1v) is 7.99. The Morgan fingerprint density at radius 1 is 1.32 bits per heavy atom. The third kappa shape index (κ3) is 6.17. The molecule has 8 nitrogen and oxygen atoms in total. The molecule has 0 atom stereocenters. The number of nitrogens with zero attached hydrogens (tertiary/aromatic N) is 3. The van der Waals surface area contributed by atoms with Gasteiger partial charge in [-0.25, -0.2) is 17.5 Å². The molecule has 2 amide bonds. The lowest BCUT2D eigenvalue weighted by Crippen LogP contribution is -2.41. The highest BCUT2D eigenvalue weighted by Crippen LogP contribution is 2.00. The Kier molecular flexibility index (Phi) is 8.61. The first kappa shape index (κ1) is 18.1. The van der Waals surface area contributed by atoms with E-state index < -0.39 is 16.1 Å². The van der Waals surface area contributed by atoms with Gasteiger partial charge in [-0.1, -0.05) is 13.8 Å². The van der Waals surface area contributed by atoms with Crippen LogP contribution in [0.2, 0.25) is 0 Å². The molecule has 1 N–H and O–H groups in total. The molecule has 0 fully saturated rings. The second-order valence-electron chi connectivity index (χ2n) is 3.53. The van der Waals surface area contributed by atoms with E-state index in [1.807, 2.05) is 0 Å². The maximum absolute atomic E-state index is 11.8. The number of sulfonamides is 1. The van der Waals surface area contributed by atoms with Crippen molar-refractivity contribution in [2.75, 3.05) is 37.8 Å². The fraction of sp³-hybridized carbons (Fsp3) is 0.889. The van der Waals surface area contributed by atoms with Crippen LogP contribution in [0, 0.1) is 4.91 Å². The molecule has 0 saturated carbocycles. The van der Waals surface area contributed by atoms with Crippen molar-refractivity contribution in [1.82, 2.24) is 14.6 Å². The predicted octanol–water partition coefficient (Wildman–Crippen LogP) is 0.590. The fourth-order valence-electron chi connectivity index (χ4n) is 1.38. The van der Waals surface area contributed by atoms with Crippen LogP contribution in [0.15, 0.2) is 5.29 Å². The number of nitroso groups, excluding NO2 is 1.